The number of para-hydroxylation sites is 1. The molecule has 3 nitrogen and oxygen atoms in total. The van der Waals surface area contributed by atoms with E-state index >= 15 is 0 Å². The number of pyridine rings is 1. The summed E-state index contributed by atoms with van der Waals surface area (Å²) in [6.07, 6.45) is 9.08. The molecule has 2 atom stereocenters. The maximum atomic E-state index is 4.61. The highest BCUT2D eigenvalue weighted by molar-refractivity contribution is 5.78. The monoisotopic (exact) mass is 323 g/mol. The van der Waals surface area contributed by atoms with Crippen LogP contribution >= 0.6 is 0 Å². The Morgan fingerprint density at radius 1 is 1.12 bits per heavy atom. The molecule has 3 heteroatoms. The fourth-order valence-corrected chi connectivity index (χ4v) is 4.77. The van der Waals surface area contributed by atoms with Gasteiger partial charge in [-0.3, -0.25) is 4.98 Å². The molecule has 3 heterocycles. The summed E-state index contributed by atoms with van der Waals surface area (Å²) in [6, 6.07) is 11.5. The minimum absolute atomic E-state index is 0.838. The first-order valence-corrected chi connectivity index (χ1v) is 9.56. The molecule has 1 aromatic carbocycles. The summed E-state index contributed by atoms with van der Waals surface area (Å²) >= 11 is 0. The first kappa shape index (κ1) is 16.0. The highest BCUT2D eigenvalue weighted by Crippen LogP contribution is 2.31. The average molecular weight is 323 g/mol. The third kappa shape index (κ3) is 3.47. The number of piperidine rings is 2. The molecule has 2 fully saturated rings. The molecular formula is C21H29N3. The Balaban J connectivity index is 1.40. The van der Waals surface area contributed by atoms with E-state index in [9.17, 15) is 0 Å². The van der Waals surface area contributed by atoms with Crippen molar-refractivity contribution in [3.63, 3.8) is 0 Å². The normalized spacial score (nSPS) is 25.1. The molecule has 0 radical (unpaired) electrons. The average Bonchev–Trinajstić information content (AvgIpc) is 2.62. The summed E-state index contributed by atoms with van der Waals surface area (Å²) in [6.45, 7) is 4.88. The number of nitrogens with zero attached hydrogens (tertiary/aromatic N) is 3. The summed E-state index contributed by atoms with van der Waals surface area (Å²) in [7, 11) is 2.27. The second kappa shape index (κ2) is 7.20. The minimum atomic E-state index is 0.838. The molecule has 4 rings (SSSR count). The van der Waals surface area contributed by atoms with Crippen LogP contribution in [0.25, 0.3) is 10.9 Å². The molecule has 2 aliphatic rings. The van der Waals surface area contributed by atoms with Gasteiger partial charge in [-0.15, -0.1) is 0 Å². The van der Waals surface area contributed by atoms with Crippen molar-refractivity contribution in [3.8, 4) is 0 Å². The van der Waals surface area contributed by atoms with Gasteiger partial charge in [0, 0.05) is 30.7 Å². The van der Waals surface area contributed by atoms with Gasteiger partial charge in [0.15, 0.2) is 0 Å². The Labute approximate surface area is 145 Å². The van der Waals surface area contributed by atoms with Crippen molar-refractivity contribution < 1.29 is 0 Å². The summed E-state index contributed by atoms with van der Waals surface area (Å²) in [5.74, 6) is 0.845. The molecule has 1 aromatic heterocycles. The third-order valence-corrected chi connectivity index (χ3v) is 5.87. The van der Waals surface area contributed by atoms with Crippen molar-refractivity contribution in [2.24, 2.45) is 5.92 Å². The van der Waals surface area contributed by atoms with Crippen LogP contribution in [0.3, 0.4) is 0 Å². The van der Waals surface area contributed by atoms with E-state index < -0.39 is 0 Å². The van der Waals surface area contributed by atoms with Crippen LogP contribution in [0.5, 0.6) is 0 Å². The zero-order valence-corrected chi connectivity index (χ0v) is 14.8. The van der Waals surface area contributed by atoms with Crippen LogP contribution in [-0.4, -0.2) is 47.5 Å². The third-order valence-electron chi connectivity index (χ3n) is 5.87. The lowest BCUT2D eigenvalue weighted by Crippen LogP contribution is -2.50. The Morgan fingerprint density at radius 2 is 2.00 bits per heavy atom. The van der Waals surface area contributed by atoms with Gasteiger partial charge in [0.25, 0.3) is 0 Å². The van der Waals surface area contributed by atoms with Gasteiger partial charge in [0.1, 0.15) is 0 Å². The molecule has 0 bridgehead atoms. The van der Waals surface area contributed by atoms with E-state index in [0.29, 0.717) is 0 Å². The molecule has 0 N–H and O–H groups in total. The van der Waals surface area contributed by atoms with Gasteiger partial charge >= 0.3 is 0 Å². The van der Waals surface area contributed by atoms with E-state index in [2.05, 4.69) is 52.2 Å². The second-order valence-electron chi connectivity index (χ2n) is 7.73. The van der Waals surface area contributed by atoms with Gasteiger partial charge in [0.05, 0.1) is 5.52 Å². The van der Waals surface area contributed by atoms with Crippen LogP contribution in [0.4, 0.5) is 0 Å². The summed E-state index contributed by atoms with van der Waals surface area (Å²) in [5.41, 5.74) is 2.42. The predicted molar refractivity (Wildman–Crippen MR) is 100 cm³/mol. The van der Waals surface area contributed by atoms with Gasteiger partial charge in [-0.1, -0.05) is 24.6 Å². The smallest absolute Gasteiger partial charge is 0.0702 e. The van der Waals surface area contributed by atoms with Crippen LogP contribution in [0, 0.1) is 5.92 Å². The Hall–Kier alpha value is -1.45. The summed E-state index contributed by atoms with van der Waals surface area (Å²) in [5, 5.41) is 1.25. The van der Waals surface area contributed by atoms with Gasteiger partial charge in [-0.2, -0.15) is 0 Å². The second-order valence-corrected chi connectivity index (χ2v) is 7.73. The topological polar surface area (TPSA) is 19.4 Å². The van der Waals surface area contributed by atoms with Gasteiger partial charge < -0.3 is 9.80 Å². The van der Waals surface area contributed by atoms with Crippen molar-refractivity contribution in [2.75, 3.05) is 26.7 Å². The number of benzene rings is 1. The van der Waals surface area contributed by atoms with E-state index in [1.165, 1.54) is 62.7 Å². The zero-order chi connectivity index (χ0) is 16.4. The van der Waals surface area contributed by atoms with Gasteiger partial charge in [-0.05, 0) is 69.4 Å². The number of fused-ring (bicyclic) bond motifs is 2. The van der Waals surface area contributed by atoms with Crippen molar-refractivity contribution >= 4 is 10.9 Å². The first-order valence-electron chi connectivity index (χ1n) is 9.56. The lowest BCUT2D eigenvalue weighted by atomic mass is 9.83. The highest BCUT2D eigenvalue weighted by atomic mass is 15.2. The first-order chi connectivity index (χ1) is 11.8. The zero-order valence-electron chi connectivity index (χ0n) is 14.8. The van der Waals surface area contributed by atoms with Crippen molar-refractivity contribution in [1.82, 2.24) is 14.8 Å². The molecule has 128 valence electrons. The minimum Gasteiger partial charge on any atom is -0.302 e. The number of hydrogen-bond donors (Lipinski definition) is 0. The molecule has 0 unspecified atom stereocenters. The molecular weight excluding hydrogens is 294 g/mol. The van der Waals surface area contributed by atoms with E-state index in [0.717, 1.165) is 24.0 Å². The number of hydrogen-bond acceptors (Lipinski definition) is 3. The Bertz CT molecular complexity index is 682. The van der Waals surface area contributed by atoms with Crippen LogP contribution in [-0.2, 0) is 6.54 Å². The largest absolute Gasteiger partial charge is 0.302 e. The van der Waals surface area contributed by atoms with Crippen molar-refractivity contribution in [1.29, 1.82) is 0 Å². The van der Waals surface area contributed by atoms with Crippen LogP contribution in [0.15, 0.2) is 36.5 Å². The molecule has 0 amide bonds. The van der Waals surface area contributed by atoms with E-state index in [4.69, 9.17) is 0 Å². The van der Waals surface area contributed by atoms with E-state index in [1.54, 1.807) is 0 Å². The number of aromatic nitrogens is 1. The summed E-state index contributed by atoms with van der Waals surface area (Å²) < 4.78 is 0. The standard InChI is InChI=1S/C21H29N3/c1-23(15-17-13-18-7-2-3-9-20(18)22-14-17)16-19-8-6-12-24-11-5-4-10-21(19)24/h2-3,7,9,13-14,19,21H,4-6,8,10-12,15-16H2,1H3/t19-,21+/m0/s1. The van der Waals surface area contributed by atoms with Crippen LogP contribution in [0.2, 0.25) is 0 Å². The maximum Gasteiger partial charge on any atom is 0.0702 e. The quantitative estimate of drug-likeness (QED) is 0.850. The Morgan fingerprint density at radius 3 is 2.96 bits per heavy atom. The molecule has 2 saturated heterocycles. The molecule has 2 aliphatic heterocycles. The van der Waals surface area contributed by atoms with Crippen LogP contribution < -0.4 is 0 Å². The fraction of sp³-hybridized carbons (Fsp3) is 0.571. The molecule has 0 spiro atoms. The lowest BCUT2D eigenvalue weighted by molar-refractivity contribution is 0.0435. The van der Waals surface area contributed by atoms with Crippen molar-refractivity contribution in [3.05, 3.63) is 42.1 Å². The fourth-order valence-electron chi connectivity index (χ4n) is 4.77. The molecule has 0 saturated carbocycles. The lowest BCUT2D eigenvalue weighted by Gasteiger charge is -2.45. The van der Waals surface area contributed by atoms with Gasteiger partial charge in [0.2, 0.25) is 0 Å². The van der Waals surface area contributed by atoms with E-state index in [-0.39, 0.29) is 0 Å². The summed E-state index contributed by atoms with van der Waals surface area (Å²) in [4.78, 5) is 9.89. The highest BCUT2D eigenvalue weighted by Gasteiger charge is 2.33. The maximum absolute atomic E-state index is 4.61. The predicted octanol–water partition coefficient (Wildman–Crippen LogP) is 3.93. The molecule has 2 aromatic rings. The molecule has 0 aliphatic carbocycles. The van der Waals surface area contributed by atoms with Gasteiger partial charge in [-0.25, -0.2) is 0 Å². The van der Waals surface area contributed by atoms with Crippen LogP contribution in [0.1, 0.15) is 37.7 Å². The van der Waals surface area contributed by atoms with Crippen molar-refractivity contribution in [2.45, 2.75) is 44.7 Å². The van der Waals surface area contributed by atoms with E-state index in [1.807, 2.05) is 6.20 Å². The Kier molecular flexibility index (Phi) is 4.81. The SMILES string of the molecule is CN(Cc1cnc2ccccc2c1)C[C@@H]1CCCN2CCCC[C@H]12. The molecule has 24 heavy (non-hydrogen) atoms. The number of rotatable bonds is 4.